The molecule has 0 aromatic heterocycles. The minimum atomic E-state index is -0.838. The number of rotatable bonds is 4. The molecule has 1 atom stereocenters. The average Bonchev–Trinajstić information content (AvgIpc) is 2.57. The molecular weight excluding hydrogens is 246 g/mol. The predicted octanol–water partition coefficient (Wildman–Crippen LogP) is 2.37. The number of carbonyl (C=O) groups is 1. The molecule has 0 amide bonds. The molecule has 0 spiro atoms. The van der Waals surface area contributed by atoms with Gasteiger partial charge in [-0.2, -0.15) is 0 Å². The Kier molecular flexibility index (Phi) is 3.41. The van der Waals surface area contributed by atoms with Gasteiger partial charge in [-0.25, -0.2) is 0 Å². The summed E-state index contributed by atoms with van der Waals surface area (Å²) in [6.45, 7) is 5.61. The Hall–Kier alpha value is -1.75. The zero-order chi connectivity index (χ0) is 14.2. The SMILES string of the molecule is Cc1cc2c(cc1C(N)CCC(=O)O)OC(C)(C)O2. The number of nitrogens with two attached hydrogens (primary N) is 1. The molecule has 0 radical (unpaired) electrons. The molecule has 5 heteroatoms. The Balaban J connectivity index is 2.22. The van der Waals surface area contributed by atoms with Crippen LogP contribution in [0.5, 0.6) is 11.5 Å². The largest absolute Gasteiger partial charge is 0.481 e. The summed E-state index contributed by atoms with van der Waals surface area (Å²) < 4.78 is 11.3. The van der Waals surface area contributed by atoms with Gasteiger partial charge in [-0.1, -0.05) is 0 Å². The monoisotopic (exact) mass is 265 g/mol. The first-order chi connectivity index (χ1) is 8.78. The maximum absolute atomic E-state index is 10.6. The summed E-state index contributed by atoms with van der Waals surface area (Å²) in [4.78, 5) is 10.6. The maximum Gasteiger partial charge on any atom is 0.303 e. The minimum Gasteiger partial charge on any atom is -0.481 e. The fourth-order valence-corrected chi connectivity index (χ4v) is 2.22. The Labute approximate surface area is 112 Å². The predicted molar refractivity (Wildman–Crippen MR) is 70.3 cm³/mol. The van der Waals surface area contributed by atoms with E-state index in [1.807, 2.05) is 32.9 Å². The van der Waals surface area contributed by atoms with Crippen LogP contribution in [0.25, 0.3) is 0 Å². The van der Waals surface area contributed by atoms with Gasteiger partial charge < -0.3 is 20.3 Å². The third-order valence-electron chi connectivity index (χ3n) is 3.11. The van der Waals surface area contributed by atoms with Gasteiger partial charge in [0.05, 0.1) is 0 Å². The van der Waals surface area contributed by atoms with Gasteiger partial charge in [-0.3, -0.25) is 4.79 Å². The van der Waals surface area contributed by atoms with Crippen molar-refractivity contribution in [3.8, 4) is 11.5 Å². The van der Waals surface area contributed by atoms with Crippen molar-refractivity contribution in [1.82, 2.24) is 0 Å². The number of benzene rings is 1. The zero-order valence-corrected chi connectivity index (χ0v) is 11.4. The molecule has 1 aliphatic heterocycles. The van der Waals surface area contributed by atoms with Gasteiger partial charge in [0, 0.05) is 26.3 Å². The summed E-state index contributed by atoms with van der Waals surface area (Å²) in [5, 5.41) is 8.70. The minimum absolute atomic E-state index is 0.0561. The van der Waals surface area contributed by atoms with Gasteiger partial charge in [0.2, 0.25) is 5.79 Å². The van der Waals surface area contributed by atoms with Crippen molar-refractivity contribution in [3.63, 3.8) is 0 Å². The van der Waals surface area contributed by atoms with Crippen LogP contribution in [-0.2, 0) is 4.79 Å². The smallest absolute Gasteiger partial charge is 0.303 e. The fourth-order valence-electron chi connectivity index (χ4n) is 2.22. The lowest BCUT2D eigenvalue weighted by Crippen LogP contribution is -2.29. The van der Waals surface area contributed by atoms with Crippen molar-refractivity contribution in [3.05, 3.63) is 23.3 Å². The van der Waals surface area contributed by atoms with E-state index in [9.17, 15) is 4.79 Å². The van der Waals surface area contributed by atoms with Crippen LogP contribution < -0.4 is 15.2 Å². The molecule has 19 heavy (non-hydrogen) atoms. The number of fused-ring (bicyclic) bond motifs is 1. The first-order valence-corrected chi connectivity index (χ1v) is 6.28. The second-order valence-corrected chi connectivity index (χ2v) is 5.30. The van der Waals surface area contributed by atoms with Crippen LogP contribution in [0.4, 0.5) is 0 Å². The van der Waals surface area contributed by atoms with Crippen molar-refractivity contribution in [2.24, 2.45) is 5.73 Å². The molecule has 0 aliphatic carbocycles. The lowest BCUT2D eigenvalue weighted by Gasteiger charge is -2.16. The number of ether oxygens (including phenoxy) is 2. The number of hydrogen-bond acceptors (Lipinski definition) is 4. The van der Waals surface area contributed by atoms with E-state index in [2.05, 4.69) is 0 Å². The number of aryl methyl sites for hydroxylation is 1. The van der Waals surface area contributed by atoms with Crippen molar-refractivity contribution in [1.29, 1.82) is 0 Å². The maximum atomic E-state index is 10.6. The van der Waals surface area contributed by atoms with Crippen LogP contribution >= 0.6 is 0 Å². The molecule has 1 aromatic carbocycles. The lowest BCUT2D eigenvalue weighted by atomic mass is 9.97. The second-order valence-electron chi connectivity index (χ2n) is 5.30. The molecule has 0 bridgehead atoms. The second kappa shape index (κ2) is 4.74. The van der Waals surface area contributed by atoms with Crippen molar-refractivity contribution >= 4 is 5.97 Å². The first kappa shape index (κ1) is 13.7. The molecular formula is C14H19NO4. The summed E-state index contributed by atoms with van der Waals surface area (Å²) in [5.74, 6) is -0.138. The van der Waals surface area contributed by atoms with E-state index in [1.54, 1.807) is 0 Å². The fraction of sp³-hybridized carbons (Fsp3) is 0.500. The van der Waals surface area contributed by atoms with Crippen LogP contribution in [0, 0.1) is 6.92 Å². The third-order valence-corrected chi connectivity index (χ3v) is 3.11. The zero-order valence-electron chi connectivity index (χ0n) is 11.4. The van der Waals surface area contributed by atoms with Crippen molar-refractivity contribution < 1.29 is 19.4 Å². The Morgan fingerprint density at radius 1 is 1.37 bits per heavy atom. The highest BCUT2D eigenvalue weighted by Gasteiger charge is 2.32. The van der Waals surface area contributed by atoms with Crippen molar-refractivity contribution in [2.75, 3.05) is 0 Å². The number of hydrogen-bond donors (Lipinski definition) is 2. The van der Waals surface area contributed by atoms with Gasteiger partial charge >= 0.3 is 5.97 Å². The summed E-state index contributed by atoms with van der Waals surface area (Å²) in [6.07, 6.45) is 0.458. The molecule has 1 aliphatic rings. The van der Waals surface area contributed by atoms with Crippen LogP contribution in [0.3, 0.4) is 0 Å². The first-order valence-electron chi connectivity index (χ1n) is 6.28. The molecule has 2 rings (SSSR count). The van der Waals surface area contributed by atoms with Crippen LogP contribution in [0.1, 0.15) is 43.9 Å². The summed E-state index contributed by atoms with van der Waals surface area (Å²) in [7, 11) is 0. The van der Waals surface area contributed by atoms with Gasteiger partial charge in [-0.15, -0.1) is 0 Å². The molecule has 0 saturated heterocycles. The summed E-state index contributed by atoms with van der Waals surface area (Å²) in [6, 6.07) is 3.43. The topological polar surface area (TPSA) is 81.8 Å². The van der Waals surface area contributed by atoms with E-state index in [4.69, 9.17) is 20.3 Å². The third kappa shape index (κ3) is 2.98. The molecule has 104 valence electrons. The highest BCUT2D eigenvalue weighted by molar-refractivity contribution is 5.66. The number of carboxylic acid groups (broad SMARTS) is 1. The Bertz CT molecular complexity index is 510. The van der Waals surface area contributed by atoms with Gasteiger partial charge in [0.15, 0.2) is 11.5 Å². The standard InChI is InChI=1S/C14H19NO4/c1-8-6-11-12(19-14(2,3)18-11)7-9(8)10(15)4-5-13(16)17/h6-7,10H,4-5,15H2,1-3H3,(H,16,17). The lowest BCUT2D eigenvalue weighted by molar-refractivity contribution is -0.137. The summed E-state index contributed by atoms with van der Waals surface area (Å²) in [5.41, 5.74) is 7.93. The van der Waals surface area contributed by atoms with Gasteiger partial charge in [-0.05, 0) is 36.6 Å². The van der Waals surface area contributed by atoms with Crippen LogP contribution in [-0.4, -0.2) is 16.9 Å². The normalized spacial score (nSPS) is 17.3. The number of carboxylic acids is 1. The molecule has 1 unspecified atom stereocenters. The number of aliphatic carboxylic acids is 1. The quantitative estimate of drug-likeness (QED) is 0.873. The van der Waals surface area contributed by atoms with E-state index in [0.717, 1.165) is 11.1 Å². The van der Waals surface area contributed by atoms with Crippen molar-refractivity contribution in [2.45, 2.75) is 45.4 Å². The van der Waals surface area contributed by atoms with E-state index in [-0.39, 0.29) is 12.5 Å². The van der Waals surface area contributed by atoms with E-state index in [1.165, 1.54) is 0 Å². The molecule has 0 saturated carbocycles. The molecule has 3 N–H and O–H groups in total. The molecule has 0 fully saturated rings. The van der Waals surface area contributed by atoms with Gasteiger partial charge in [0.25, 0.3) is 0 Å². The molecule has 1 aromatic rings. The van der Waals surface area contributed by atoms with E-state index < -0.39 is 11.8 Å². The average molecular weight is 265 g/mol. The van der Waals surface area contributed by atoms with E-state index >= 15 is 0 Å². The highest BCUT2D eigenvalue weighted by atomic mass is 16.7. The summed E-state index contributed by atoms with van der Waals surface area (Å²) >= 11 is 0. The highest BCUT2D eigenvalue weighted by Crippen LogP contribution is 2.42. The Morgan fingerprint density at radius 2 is 1.95 bits per heavy atom. The van der Waals surface area contributed by atoms with E-state index in [0.29, 0.717) is 17.9 Å². The Morgan fingerprint density at radius 3 is 2.53 bits per heavy atom. The molecule has 1 heterocycles. The van der Waals surface area contributed by atoms with Gasteiger partial charge in [0.1, 0.15) is 0 Å². The molecule has 5 nitrogen and oxygen atoms in total. The van der Waals surface area contributed by atoms with Crippen LogP contribution in [0.15, 0.2) is 12.1 Å². The van der Waals surface area contributed by atoms with Crippen LogP contribution in [0.2, 0.25) is 0 Å².